The number of nitrogens with zero attached hydrogens (tertiary/aromatic N) is 1. The van der Waals surface area contributed by atoms with Crippen LogP contribution < -0.4 is 92.5 Å². The summed E-state index contributed by atoms with van der Waals surface area (Å²) in [5.74, 6) is -16.5. The molecule has 0 radical (unpaired) electrons. The Balaban J connectivity index is 2.37. The van der Waals surface area contributed by atoms with Gasteiger partial charge in [-0.3, -0.25) is 81.5 Å². The number of carbonyl (C=O) groups is 17. The number of benzene rings is 1. The molecule has 41 heteroatoms. The fourth-order valence-corrected chi connectivity index (χ4v) is 15.2. The van der Waals surface area contributed by atoms with Crippen molar-refractivity contribution < 1.29 is 102 Å². The van der Waals surface area contributed by atoms with Gasteiger partial charge in [-0.15, -0.1) is 0 Å². The number of hydrogen-bond donors (Lipinski definition) is 21. The topological polar surface area (TPSA) is 649 Å². The molecule has 14 amide bonds. The predicted molar refractivity (Wildman–Crippen MR) is 464 cm³/mol. The van der Waals surface area contributed by atoms with Gasteiger partial charge in [0.1, 0.15) is 60.4 Å². The van der Waals surface area contributed by atoms with E-state index >= 15 is 0 Å². The highest BCUT2D eigenvalue weighted by molar-refractivity contribution is 7.98. The van der Waals surface area contributed by atoms with Gasteiger partial charge in [-0.25, -0.2) is 0 Å². The number of amides is 14. The summed E-state index contributed by atoms with van der Waals surface area (Å²) >= 11 is 2.79. The van der Waals surface area contributed by atoms with E-state index in [2.05, 4.69) is 70.7 Å². The maximum absolute atomic E-state index is 14.9. The summed E-state index contributed by atoms with van der Waals surface area (Å²) in [5, 5.41) is 70.0. The Morgan fingerprint density at radius 2 is 0.846 bits per heavy atom. The number of primary amides is 1. The highest BCUT2D eigenvalue weighted by Gasteiger charge is 2.42. The number of carboxylic acid groups (broad SMARTS) is 3. The van der Waals surface area contributed by atoms with Crippen molar-refractivity contribution in [3.63, 3.8) is 0 Å². The number of hydrogen-bond acceptors (Lipinski definition) is 24. The van der Waals surface area contributed by atoms with Crippen molar-refractivity contribution >= 4 is 124 Å². The lowest BCUT2D eigenvalue weighted by molar-refractivity contribution is -0.146. The molecule has 1 aromatic rings. The van der Waals surface area contributed by atoms with Crippen LogP contribution in [0.25, 0.3) is 0 Å². The number of unbranched alkanes of at least 4 members (excludes halogenated alkanes) is 16. The molecule has 1 heterocycles. The molecule has 39 nitrogen and oxygen atoms in total. The second-order valence-corrected chi connectivity index (χ2v) is 32.7. The van der Waals surface area contributed by atoms with Crippen molar-refractivity contribution in [3.05, 3.63) is 35.4 Å². The molecule has 2 rings (SSSR count). The highest BCUT2D eigenvalue weighted by Crippen LogP contribution is 2.24. The summed E-state index contributed by atoms with van der Waals surface area (Å²) in [5.41, 5.74) is 30.2. The Morgan fingerprint density at radius 1 is 0.431 bits per heavy atom. The minimum absolute atomic E-state index is 0.00686. The van der Waals surface area contributed by atoms with Gasteiger partial charge in [-0.2, -0.15) is 23.5 Å². The van der Waals surface area contributed by atoms with Gasteiger partial charge in [0.15, 0.2) is 0 Å². The molecule has 1 fully saturated rings. The van der Waals surface area contributed by atoms with Crippen LogP contribution in [-0.2, 0) is 93.0 Å². The van der Waals surface area contributed by atoms with Gasteiger partial charge in [-0.05, 0) is 160 Å². The van der Waals surface area contributed by atoms with Crippen LogP contribution >= 0.6 is 23.5 Å². The third kappa shape index (κ3) is 48.0. The number of carbonyl (C=O) groups excluding carboxylic acids is 14. The van der Waals surface area contributed by atoms with Crippen LogP contribution in [0.5, 0.6) is 0 Å². The Morgan fingerprint density at radius 3 is 1.32 bits per heavy atom. The zero-order valence-electron chi connectivity index (χ0n) is 71.9. The maximum Gasteiger partial charge on any atom is 0.305 e. The average Bonchev–Trinajstić information content (AvgIpc) is 1.72. The van der Waals surface area contributed by atoms with Crippen LogP contribution in [-0.4, -0.2) is 257 Å². The van der Waals surface area contributed by atoms with Crippen LogP contribution in [0.1, 0.15) is 243 Å². The Bertz CT molecular complexity index is 3480. The summed E-state index contributed by atoms with van der Waals surface area (Å²) in [6.07, 6.45) is 15.3. The van der Waals surface area contributed by atoms with Crippen molar-refractivity contribution in [1.29, 1.82) is 0 Å². The van der Waals surface area contributed by atoms with Crippen molar-refractivity contribution in [2.45, 2.75) is 310 Å². The zero-order chi connectivity index (χ0) is 91.4. The second-order valence-electron chi connectivity index (χ2n) is 30.8. The van der Waals surface area contributed by atoms with Gasteiger partial charge < -0.3 is 118 Å². The van der Waals surface area contributed by atoms with Gasteiger partial charge in [0.25, 0.3) is 0 Å². The molecule has 26 N–H and O–H groups in total. The number of nitrogens with one attached hydrogen (secondary N) is 12. The molecule has 1 saturated heterocycles. The molecular weight excluding hydrogens is 1640 g/mol. The van der Waals surface area contributed by atoms with E-state index in [0.717, 1.165) is 42.2 Å². The van der Waals surface area contributed by atoms with Crippen molar-refractivity contribution in [2.75, 3.05) is 64.4 Å². The molecule has 0 saturated carbocycles. The summed E-state index contributed by atoms with van der Waals surface area (Å²) in [7, 11) is 0. The van der Waals surface area contributed by atoms with Crippen molar-refractivity contribution in [3.8, 4) is 0 Å². The lowest BCUT2D eigenvalue weighted by Crippen LogP contribution is -2.61. The minimum Gasteiger partial charge on any atom is -0.481 e. The van der Waals surface area contributed by atoms with Crippen LogP contribution in [0.2, 0.25) is 0 Å². The van der Waals surface area contributed by atoms with E-state index in [9.17, 15) is 102 Å². The highest BCUT2D eigenvalue weighted by atomic mass is 32.2. The number of carboxylic acids is 3. The first-order chi connectivity index (χ1) is 58.8. The number of thioether (sulfide) groups is 2. The number of aliphatic carboxylic acids is 3. The molecule has 0 spiro atoms. The Kier molecular flexibility index (Phi) is 58.3. The van der Waals surface area contributed by atoms with E-state index in [4.69, 9.17) is 28.7 Å². The average molecular weight is 1780 g/mol. The first-order valence-electron chi connectivity index (χ1n) is 43.2. The molecule has 123 heavy (non-hydrogen) atoms. The number of rotatable bonds is 71. The van der Waals surface area contributed by atoms with Gasteiger partial charge in [-0.1, -0.05) is 108 Å². The Hall–Kier alpha value is -9.29. The zero-order valence-corrected chi connectivity index (χ0v) is 73.5. The molecule has 1 aliphatic rings. The van der Waals surface area contributed by atoms with Crippen LogP contribution in [0.4, 0.5) is 0 Å². The van der Waals surface area contributed by atoms with E-state index in [1.165, 1.54) is 69.5 Å². The normalized spacial score (nSPS) is 14.8. The SMILES string of the molecule is CCCCCCCCCCCCCCCC(=O)NCCC(=O)NC(CCCCN)C(=O)N[C@@H](CCCCN)C(=O)NC(CSCc1ccccc1CSC)C(=O)N[C@@H](CC(=O)O)C(=O)N1CCC[C@H]1C(=O)N[C@@H](CCC(=O)O)C(=O)N[C@H](C(=O)NCC(=O)N[C@@H](CCC(=O)O)C(=O)NCC(=O)N[C@@H](CCCCN)C(=O)N[C@@H](CCCCN)C(N)=O)[C@@H](C)O. The largest absolute Gasteiger partial charge is 0.481 e. The van der Waals surface area contributed by atoms with Gasteiger partial charge in [0.05, 0.1) is 25.6 Å². The second kappa shape index (κ2) is 65.3. The third-order valence-electron chi connectivity index (χ3n) is 20.5. The summed E-state index contributed by atoms with van der Waals surface area (Å²) in [4.78, 5) is 230. The smallest absolute Gasteiger partial charge is 0.305 e. The number of aliphatic hydroxyl groups excluding tert-OH is 1. The third-order valence-corrected chi connectivity index (χ3v) is 22.2. The first kappa shape index (κ1) is 110. The van der Waals surface area contributed by atoms with Gasteiger partial charge >= 0.3 is 17.9 Å². The first-order valence-corrected chi connectivity index (χ1v) is 45.8. The summed E-state index contributed by atoms with van der Waals surface area (Å²) in [6.45, 7) is 2.32. The van der Waals surface area contributed by atoms with E-state index < -0.39 is 206 Å². The Labute approximate surface area is 729 Å². The van der Waals surface area contributed by atoms with Crippen LogP contribution in [0.15, 0.2) is 24.3 Å². The van der Waals surface area contributed by atoms with E-state index in [0.29, 0.717) is 82.3 Å². The predicted octanol–water partition coefficient (Wildman–Crippen LogP) is -0.0566. The molecule has 1 aliphatic heterocycles. The molecule has 696 valence electrons. The van der Waals surface area contributed by atoms with E-state index in [-0.39, 0.29) is 89.3 Å². The lowest BCUT2D eigenvalue weighted by atomic mass is 10.0. The molecule has 0 aromatic heterocycles. The molecule has 0 bridgehead atoms. The minimum atomic E-state index is -1.96. The lowest BCUT2D eigenvalue weighted by Gasteiger charge is -2.31. The monoisotopic (exact) mass is 1780 g/mol. The van der Waals surface area contributed by atoms with E-state index in [1.807, 2.05) is 30.5 Å². The van der Waals surface area contributed by atoms with E-state index in [1.54, 1.807) is 11.8 Å². The maximum atomic E-state index is 14.9. The molecule has 0 aliphatic carbocycles. The van der Waals surface area contributed by atoms with Crippen molar-refractivity contribution in [1.82, 2.24) is 68.7 Å². The quantitative estimate of drug-likeness (QED) is 0.0380. The van der Waals surface area contributed by atoms with Crippen molar-refractivity contribution in [2.24, 2.45) is 28.7 Å². The van der Waals surface area contributed by atoms with Gasteiger partial charge in [0, 0.05) is 56.0 Å². The molecule has 1 aromatic carbocycles. The molecular formula is C82H140N18O21S2. The van der Waals surface area contributed by atoms with Crippen LogP contribution in [0, 0.1) is 0 Å². The summed E-state index contributed by atoms with van der Waals surface area (Å²) < 4.78 is 0. The standard InChI is InChI=1S/C82H140N18O21S2/c1-4-5-6-7-8-9-10-11-12-13-14-15-16-35-65(102)88-45-40-66(103)91-57(31-20-24-42-84)76(115)95-59(33-22-26-44-86)77(116)98-63(52-123-51-55-29-18-17-28-54(55)50-122-3)79(118)97-62(47-71(110)111)82(121)100-46-27-34-64(100)80(119)96-61(37-39-70(108)109)78(117)99-72(53(2)101)81(120)90-49-68(105)93-60(36-38-69(106)107)74(113)89-48-67(104)92-58(32-21-25-43-85)75(114)94-56(73(87)112)30-19-23-41-83/h17-18,28-29,53,56-64,72,101H,4-16,19-27,30-52,83-86H2,1-3H3,(H2,87,112)(H,88,102)(H,89,113)(H,90,120)(H,91,103)(H,92,104)(H,93,105)(H,94,114)(H,95,115)(H,96,119)(H,97,118)(H,98,116)(H,99,117)(H,106,107)(H,108,109)(H,110,111)/t53-,56+,57?,58+,59+,60+,61+,62+,63?,64+,72+/m1/s1. The van der Waals surface area contributed by atoms with Gasteiger partial charge in [0.2, 0.25) is 82.7 Å². The number of nitrogens with two attached hydrogens (primary N) is 5. The van der Waals surface area contributed by atoms with Crippen LogP contribution in [0.3, 0.4) is 0 Å². The fourth-order valence-electron chi connectivity index (χ4n) is 13.5. The summed E-state index contributed by atoms with van der Waals surface area (Å²) in [6, 6.07) is -7.79. The number of aliphatic hydroxyl groups is 1. The molecule has 11 atom stereocenters. The fraction of sp³-hybridized carbons (Fsp3) is 0.720. The molecule has 2 unspecified atom stereocenters. The number of likely N-dealkylation sites (tertiary alicyclic amines) is 1.